The SMILES string of the molecule is C=C1Oc2cc(C(C)(C)CCCCCC)cc(O)c2[C@@H]2C=C(C)CC[C@@H]12. The molecule has 1 aromatic carbocycles. The van der Waals surface area contributed by atoms with Crippen molar-refractivity contribution < 1.29 is 9.84 Å². The molecule has 0 amide bonds. The zero-order valence-electron chi connectivity index (χ0n) is 16.9. The molecule has 0 bridgehead atoms. The third-order valence-electron chi connectivity index (χ3n) is 6.29. The highest BCUT2D eigenvalue weighted by Crippen LogP contribution is 2.52. The van der Waals surface area contributed by atoms with Crippen LogP contribution in [0.15, 0.2) is 36.1 Å². The first-order valence-electron chi connectivity index (χ1n) is 10.2. The summed E-state index contributed by atoms with van der Waals surface area (Å²) in [6.07, 6.45) is 10.6. The van der Waals surface area contributed by atoms with Crippen molar-refractivity contribution in [3.63, 3.8) is 0 Å². The third-order valence-corrected chi connectivity index (χ3v) is 6.29. The van der Waals surface area contributed by atoms with Crippen molar-refractivity contribution >= 4 is 0 Å². The summed E-state index contributed by atoms with van der Waals surface area (Å²) in [4.78, 5) is 0. The molecule has 0 saturated heterocycles. The van der Waals surface area contributed by atoms with Crippen LogP contribution < -0.4 is 4.74 Å². The summed E-state index contributed by atoms with van der Waals surface area (Å²) in [5, 5.41) is 10.9. The fourth-order valence-electron chi connectivity index (χ4n) is 4.49. The Balaban J connectivity index is 1.91. The largest absolute Gasteiger partial charge is 0.507 e. The maximum absolute atomic E-state index is 10.9. The molecule has 2 heteroatoms. The third kappa shape index (κ3) is 3.70. The molecule has 1 aliphatic heterocycles. The van der Waals surface area contributed by atoms with Gasteiger partial charge >= 0.3 is 0 Å². The van der Waals surface area contributed by atoms with E-state index in [0.29, 0.717) is 5.75 Å². The van der Waals surface area contributed by atoms with Crippen LogP contribution in [0.5, 0.6) is 11.5 Å². The smallest absolute Gasteiger partial charge is 0.134 e. The van der Waals surface area contributed by atoms with Crippen molar-refractivity contribution in [2.45, 2.75) is 84.0 Å². The van der Waals surface area contributed by atoms with Gasteiger partial charge in [-0.2, -0.15) is 0 Å². The topological polar surface area (TPSA) is 29.5 Å². The molecule has 2 atom stereocenters. The van der Waals surface area contributed by atoms with Crippen molar-refractivity contribution in [2.24, 2.45) is 5.92 Å². The van der Waals surface area contributed by atoms with Crippen LogP contribution in [0.25, 0.3) is 0 Å². The van der Waals surface area contributed by atoms with E-state index in [2.05, 4.69) is 46.4 Å². The summed E-state index contributed by atoms with van der Waals surface area (Å²) in [5.74, 6) is 2.52. The lowest BCUT2D eigenvalue weighted by Crippen LogP contribution is -2.26. The zero-order chi connectivity index (χ0) is 18.9. The van der Waals surface area contributed by atoms with Crippen LogP contribution in [-0.2, 0) is 5.41 Å². The van der Waals surface area contributed by atoms with Crippen molar-refractivity contribution in [1.82, 2.24) is 0 Å². The quantitative estimate of drug-likeness (QED) is 0.441. The number of benzene rings is 1. The summed E-state index contributed by atoms with van der Waals surface area (Å²) in [7, 11) is 0. The highest BCUT2D eigenvalue weighted by molar-refractivity contribution is 5.55. The van der Waals surface area contributed by atoms with Gasteiger partial charge in [0.05, 0.1) is 0 Å². The number of phenols is 1. The summed E-state index contributed by atoms with van der Waals surface area (Å²) in [6.45, 7) is 13.1. The molecule has 0 saturated carbocycles. The van der Waals surface area contributed by atoms with Gasteiger partial charge in [-0.3, -0.25) is 0 Å². The minimum atomic E-state index is 0.0279. The minimum absolute atomic E-state index is 0.0279. The lowest BCUT2D eigenvalue weighted by atomic mass is 9.73. The van der Waals surface area contributed by atoms with E-state index < -0.39 is 0 Å². The second-order valence-electron chi connectivity index (χ2n) is 8.85. The Bertz CT molecular complexity index is 711. The number of hydrogen-bond acceptors (Lipinski definition) is 2. The number of hydrogen-bond donors (Lipinski definition) is 1. The Morgan fingerprint density at radius 2 is 2.00 bits per heavy atom. The molecule has 1 aromatic rings. The Hall–Kier alpha value is -1.70. The Labute approximate surface area is 159 Å². The van der Waals surface area contributed by atoms with Crippen LogP contribution in [0.2, 0.25) is 0 Å². The van der Waals surface area contributed by atoms with Gasteiger partial charge in [-0.05, 0) is 49.3 Å². The molecule has 1 N–H and O–H groups in total. The van der Waals surface area contributed by atoms with Crippen LogP contribution >= 0.6 is 0 Å². The highest BCUT2D eigenvalue weighted by atomic mass is 16.5. The standard InChI is InChI=1S/C24H34O2/c1-6-7-8-9-12-24(4,5)18-14-21(25)23-20-13-16(2)10-11-19(20)17(3)26-22(23)15-18/h13-15,19-20,25H,3,6-12H2,1-2,4-5H3/t19-,20+/m0/s1. The average molecular weight is 355 g/mol. The molecule has 1 aliphatic carbocycles. The van der Waals surface area contributed by atoms with Crippen LogP contribution in [0, 0.1) is 5.92 Å². The molecule has 0 spiro atoms. The molecule has 3 rings (SSSR count). The predicted octanol–water partition coefficient (Wildman–Crippen LogP) is 6.99. The van der Waals surface area contributed by atoms with Crippen LogP contribution in [-0.4, -0.2) is 5.11 Å². The van der Waals surface area contributed by atoms with Crippen molar-refractivity contribution in [3.05, 3.63) is 47.2 Å². The van der Waals surface area contributed by atoms with Crippen molar-refractivity contribution in [3.8, 4) is 11.5 Å². The van der Waals surface area contributed by atoms with Gasteiger partial charge in [-0.1, -0.05) is 64.7 Å². The van der Waals surface area contributed by atoms with Gasteiger partial charge in [0.25, 0.3) is 0 Å². The van der Waals surface area contributed by atoms with E-state index in [1.165, 1.54) is 31.3 Å². The number of ether oxygens (including phenoxy) is 1. The Kier molecular flexibility index (Phi) is 5.50. The van der Waals surface area contributed by atoms with Crippen LogP contribution in [0.1, 0.15) is 89.7 Å². The maximum atomic E-state index is 10.9. The number of rotatable bonds is 6. The van der Waals surface area contributed by atoms with Gasteiger partial charge in [-0.25, -0.2) is 0 Å². The van der Waals surface area contributed by atoms with Crippen molar-refractivity contribution in [1.29, 1.82) is 0 Å². The van der Waals surface area contributed by atoms with Crippen molar-refractivity contribution in [2.75, 3.05) is 0 Å². The monoisotopic (exact) mass is 354 g/mol. The first kappa shape index (κ1) is 19.1. The van der Waals surface area contributed by atoms with Gasteiger partial charge in [-0.15, -0.1) is 0 Å². The minimum Gasteiger partial charge on any atom is -0.507 e. The fraction of sp³-hybridized carbons (Fsp3) is 0.583. The molecule has 1 heterocycles. The molecular formula is C24H34O2. The van der Waals surface area contributed by atoms with Gasteiger partial charge in [0.15, 0.2) is 0 Å². The molecule has 0 unspecified atom stereocenters. The lowest BCUT2D eigenvalue weighted by molar-refractivity contribution is 0.274. The van der Waals surface area contributed by atoms with E-state index in [-0.39, 0.29) is 17.3 Å². The second kappa shape index (κ2) is 7.50. The fourth-order valence-corrected chi connectivity index (χ4v) is 4.49. The van der Waals surface area contributed by atoms with Gasteiger partial charge < -0.3 is 9.84 Å². The second-order valence-corrected chi connectivity index (χ2v) is 8.85. The lowest BCUT2D eigenvalue weighted by Gasteiger charge is -2.38. The first-order chi connectivity index (χ1) is 12.3. The molecule has 2 nitrogen and oxygen atoms in total. The number of phenolic OH excluding ortho intramolecular Hbond substituents is 1. The average Bonchev–Trinajstić information content (AvgIpc) is 2.58. The van der Waals surface area contributed by atoms with Crippen LogP contribution in [0.3, 0.4) is 0 Å². The van der Waals surface area contributed by atoms with E-state index in [4.69, 9.17) is 4.74 Å². The van der Waals surface area contributed by atoms with Crippen LogP contribution in [0.4, 0.5) is 0 Å². The normalized spacial score (nSPS) is 22.3. The first-order valence-corrected chi connectivity index (χ1v) is 10.2. The number of aromatic hydroxyl groups is 1. The van der Waals surface area contributed by atoms with Gasteiger partial charge in [0.1, 0.15) is 17.3 Å². The molecule has 0 radical (unpaired) electrons. The maximum Gasteiger partial charge on any atom is 0.134 e. The molecule has 0 aromatic heterocycles. The van der Waals surface area contributed by atoms with E-state index in [0.717, 1.165) is 41.9 Å². The summed E-state index contributed by atoms with van der Waals surface area (Å²) >= 11 is 0. The summed E-state index contributed by atoms with van der Waals surface area (Å²) < 4.78 is 6.11. The summed E-state index contributed by atoms with van der Waals surface area (Å²) in [6, 6.07) is 4.12. The Morgan fingerprint density at radius 1 is 1.23 bits per heavy atom. The molecule has 26 heavy (non-hydrogen) atoms. The summed E-state index contributed by atoms with van der Waals surface area (Å²) in [5.41, 5.74) is 3.53. The Morgan fingerprint density at radius 3 is 2.73 bits per heavy atom. The molecule has 2 aliphatic rings. The molecule has 0 fully saturated rings. The molecule has 142 valence electrons. The number of fused-ring (bicyclic) bond motifs is 3. The zero-order valence-corrected chi connectivity index (χ0v) is 16.9. The highest BCUT2D eigenvalue weighted by Gasteiger charge is 2.37. The molecular weight excluding hydrogens is 320 g/mol. The number of allylic oxidation sites excluding steroid dienone is 3. The van der Waals surface area contributed by atoms with Gasteiger partial charge in [0.2, 0.25) is 0 Å². The van der Waals surface area contributed by atoms with E-state index in [1.54, 1.807) is 0 Å². The van der Waals surface area contributed by atoms with E-state index >= 15 is 0 Å². The predicted molar refractivity (Wildman–Crippen MR) is 109 cm³/mol. The van der Waals surface area contributed by atoms with E-state index in [1.807, 2.05) is 6.07 Å². The van der Waals surface area contributed by atoms with E-state index in [9.17, 15) is 5.11 Å². The van der Waals surface area contributed by atoms with Gasteiger partial charge in [0, 0.05) is 17.4 Å². The number of unbranched alkanes of at least 4 members (excludes halogenated alkanes) is 3.